The molecule has 0 heterocycles. The Morgan fingerprint density at radius 1 is 1.32 bits per heavy atom. The number of aliphatic hydroxyl groups excluding tert-OH is 1. The normalized spacial score (nSPS) is 13.9. The highest BCUT2D eigenvalue weighted by Crippen LogP contribution is 2.20. The van der Waals surface area contributed by atoms with E-state index in [-0.39, 0.29) is 22.7 Å². The topological polar surface area (TPSA) is 76.0 Å². The molecule has 8 heteroatoms. The Hall–Kier alpha value is -1.42. The molecule has 0 fully saturated rings. The number of Topliss-reactive ketones (excluding diaryl/α,β-unsaturated/α-hetero) is 1. The molecule has 2 atom stereocenters. The predicted octanol–water partition coefficient (Wildman–Crippen LogP) is 3.02. The number of ether oxygens (including phenoxy) is 1. The van der Waals surface area contributed by atoms with E-state index in [1.165, 1.54) is 0 Å². The maximum absolute atomic E-state index is 14.0. The first kappa shape index (κ1) is 21.6. The number of nitrogens with zero attached hydrogens (tertiary/aromatic N) is 1. The minimum atomic E-state index is -1.47. The monoisotopic (exact) mass is 467 g/mol. The van der Waals surface area contributed by atoms with Crippen LogP contribution in [0.4, 0.5) is 8.78 Å². The van der Waals surface area contributed by atoms with Crippen LogP contribution in [0.5, 0.6) is 0 Å². The molecule has 0 spiro atoms. The number of carbonyl (C=O) groups excluding carboxylic acids is 2. The Balaban J connectivity index is 3.24. The lowest BCUT2D eigenvalue weighted by molar-refractivity contribution is -0.144. The molecule has 0 saturated carbocycles. The third kappa shape index (κ3) is 5.81. The van der Waals surface area contributed by atoms with E-state index in [0.717, 1.165) is 12.3 Å². The van der Waals surface area contributed by atoms with Crippen molar-refractivity contribution in [3.05, 3.63) is 32.9 Å². The summed E-state index contributed by atoms with van der Waals surface area (Å²) in [5.74, 6) is -5.11. The Morgan fingerprint density at radius 2 is 1.96 bits per heavy atom. The molecule has 1 unspecified atom stereocenters. The fourth-order valence-corrected chi connectivity index (χ4v) is 2.44. The molecule has 25 heavy (non-hydrogen) atoms. The quantitative estimate of drug-likeness (QED) is 0.159. The van der Waals surface area contributed by atoms with Crippen LogP contribution in [-0.2, 0) is 9.53 Å². The molecule has 0 saturated heterocycles. The standard InChI is InChI=1S/C17H20F2INO4/c1-4-25-17(24)11(7-21-15(8-22)9(2)3)16(23)10-5-14(20)13(19)6-12(10)18/h5-7,9,11,15,22H,4,8H2,1-3H3/t11?,15-/m0/s1. The second-order valence-electron chi connectivity index (χ2n) is 5.63. The second-order valence-corrected chi connectivity index (χ2v) is 6.79. The number of halogens is 3. The lowest BCUT2D eigenvalue weighted by Crippen LogP contribution is -2.30. The number of aliphatic hydroxyl groups is 1. The lowest BCUT2D eigenvalue weighted by Gasteiger charge is -2.15. The number of benzene rings is 1. The average molecular weight is 467 g/mol. The van der Waals surface area contributed by atoms with Gasteiger partial charge in [-0.1, -0.05) is 13.8 Å². The van der Waals surface area contributed by atoms with Crippen molar-refractivity contribution in [3.63, 3.8) is 0 Å². The van der Waals surface area contributed by atoms with E-state index in [2.05, 4.69) is 4.99 Å². The van der Waals surface area contributed by atoms with Crippen molar-refractivity contribution in [1.82, 2.24) is 0 Å². The molecular weight excluding hydrogens is 447 g/mol. The fourth-order valence-electron chi connectivity index (χ4n) is 1.97. The highest BCUT2D eigenvalue weighted by atomic mass is 127. The van der Waals surface area contributed by atoms with Gasteiger partial charge >= 0.3 is 5.97 Å². The van der Waals surface area contributed by atoms with Gasteiger partial charge in [0.05, 0.1) is 24.8 Å². The molecule has 0 aliphatic heterocycles. The van der Waals surface area contributed by atoms with Gasteiger partial charge in [0.15, 0.2) is 11.7 Å². The molecule has 0 aromatic heterocycles. The van der Waals surface area contributed by atoms with Gasteiger partial charge in [-0.15, -0.1) is 0 Å². The largest absolute Gasteiger partial charge is 0.465 e. The van der Waals surface area contributed by atoms with Crippen LogP contribution in [0, 0.1) is 27.0 Å². The van der Waals surface area contributed by atoms with E-state index >= 15 is 0 Å². The van der Waals surface area contributed by atoms with E-state index in [4.69, 9.17) is 4.74 Å². The van der Waals surface area contributed by atoms with Gasteiger partial charge in [-0.25, -0.2) is 8.78 Å². The first-order valence-corrected chi connectivity index (χ1v) is 8.80. The first-order chi connectivity index (χ1) is 11.7. The van der Waals surface area contributed by atoms with E-state index in [0.29, 0.717) is 6.07 Å². The van der Waals surface area contributed by atoms with Crippen LogP contribution >= 0.6 is 22.6 Å². The highest BCUT2D eigenvalue weighted by Gasteiger charge is 2.30. The van der Waals surface area contributed by atoms with E-state index in [9.17, 15) is 23.5 Å². The predicted molar refractivity (Wildman–Crippen MR) is 97.7 cm³/mol. The van der Waals surface area contributed by atoms with Crippen LogP contribution in [0.1, 0.15) is 31.1 Å². The van der Waals surface area contributed by atoms with Gasteiger partial charge in [0.25, 0.3) is 0 Å². The van der Waals surface area contributed by atoms with E-state index in [1.807, 2.05) is 13.8 Å². The van der Waals surface area contributed by atoms with Gasteiger partial charge < -0.3 is 9.84 Å². The highest BCUT2D eigenvalue weighted by molar-refractivity contribution is 14.1. The van der Waals surface area contributed by atoms with Gasteiger partial charge in [-0.3, -0.25) is 14.6 Å². The summed E-state index contributed by atoms with van der Waals surface area (Å²) >= 11 is 1.63. The molecule has 1 aromatic rings. The van der Waals surface area contributed by atoms with Crippen molar-refractivity contribution in [2.75, 3.05) is 13.2 Å². The van der Waals surface area contributed by atoms with Gasteiger partial charge in [-0.2, -0.15) is 0 Å². The van der Waals surface area contributed by atoms with Crippen molar-refractivity contribution in [1.29, 1.82) is 0 Å². The van der Waals surface area contributed by atoms with Crippen LogP contribution in [0.3, 0.4) is 0 Å². The zero-order chi connectivity index (χ0) is 19.1. The average Bonchev–Trinajstić information content (AvgIpc) is 2.54. The molecular formula is C17H20F2INO4. The minimum Gasteiger partial charge on any atom is -0.465 e. The SMILES string of the molecule is CCOC(=O)C(C=N[C@@H](CO)C(C)C)C(=O)c1cc(I)c(F)cc1F. The number of rotatable bonds is 8. The van der Waals surface area contributed by atoms with Crippen molar-refractivity contribution in [2.24, 2.45) is 16.8 Å². The van der Waals surface area contributed by atoms with Gasteiger partial charge in [0.2, 0.25) is 0 Å². The Kier molecular flexibility index (Phi) is 8.57. The fraction of sp³-hybridized carbons (Fsp3) is 0.471. The molecule has 0 radical (unpaired) electrons. The molecule has 0 aliphatic carbocycles. The summed E-state index contributed by atoms with van der Waals surface area (Å²) in [6, 6.07) is 1.13. The number of ketones is 1. The van der Waals surface area contributed by atoms with E-state index < -0.39 is 40.9 Å². The second kappa shape index (κ2) is 9.91. The van der Waals surface area contributed by atoms with Crippen molar-refractivity contribution in [2.45, 2.75) is 26.8 Å². The summed E-state index contributed by atoms with van der Waals surface area (Å²) in [5.41, 5.74) is -0.416. The van der Waals surface area contributed by atoms with E-state index in [1.54, 1.807) is 29.5 Å². The minimum absolute atomic E-state index is 0.0253. The molecule has 1 N–H and O–H groups in total. The summed E-state index contributed by atoms with van der Waals surface area (Å²) < 4.78 is 32.3. The molecule has 1 aromatic carbocycles. The zero-order valence-electron chi connectivity index (χ0n) is 14.1. The van der Waals surface area contributed by atoms with Crippen LogP contribution < -0.4 is 0 Å². The molecule has 0 bridgehead atoms. The molecule has 138 valence electrons. The Bertz CT molecular complexity index is 664. The van der Waals surface area contributed by atoms with Gasteiger partial charge in [0, 0.05) is 15.9 Å². The third-order valence-corrected chi connectivity index (χ3v) is 4.31. The number of hydrogen-bond donors (Lipinski definition) is 1. The van der Waals surface area contributed by atoms with Crippen LogP contribution in [0.2, 0.25) is 0 Å². The zero-order valence-corrected chi connectivity index (χ0v) is 16.3. The maximum Gasteiger partial charge on any atom is 0.322 e. The van der Waals surface area contributed by atoms with Crippen LogP contribution in [0.15, 0.2) is 17.1 Å². The summed E-state index contributed by atoms with van der Waals surface area (Å²) in [6.07, 6.45) is 1.07. The lowest BCUT2D eigenvalue weighted by atomic mass is 9.97. The van der Waals surface area contributed by atoms with Crippen molar-refractivity contribution >= 4 is 40.6 Å². The summed E-state index contributed by atoms with van der Waals surface area (Å²) in [6.45, 7) is 4.99. The Labute approximate surface area is 158 Å². The van der Waals surface area contributed by atoms with Crippen molar-refractivity contribution in [3.8, 4) is 0 Å². The molecule has 0 aliphatic rings. The number of aliphatic imine (C=N–C) groups is 1. The summed E-state index contributed by atoms with van der Waals surface area (Å²) in [4.78, 5) is 28.8. The van der Waals surface area contributed by atoms with Crippen molar-refractivity contribution < 1.29 is 28.2 Å². The Morgan fingerprint density at radius 3 is 2.48 bits per heavy atom. The van der Waals surface area contributed by atoms with Crippen LogP contribution in [0.25, 0.3) is 0 Å². The maximum atomic E-state index is 14.0. The van der Waals surface area contributed by atoms with Gasteiger partial charge in [-0.05, 0) is 41.5 Å². The molecule has 1 rings (SSSR count). The summed E-state index contributed by atoms with van der Waals surface area (Å²) in [7, 11) is 0. The number of hydrogen-bond acceptors (Lipinski definition) is 5. The van der Waals surface area contributed by atoms with Crippen LogP contribution in [-0.4, -0.2) is 42.3 Å². The number of esters is 1. The number of carbonyl (C=O) groups is 2. The smallest absolute Gasteiger partial charge is 0.322 e. The van der Waals surface area contributed by atoms with Gasteiger partial charge in [0.1, 0.15) is 11.6 Å². The summed E-state index contributed by atoms with van der Waals surface area (Å²) in [5, 5.41) is 9.30. The molecule has 0 amide bonds. The third-order valence-electron chi connectivity index (χ3n) is 3.48. The molecule has 5 nitrogen and oxygen atoms in total. The first-order valence-electron chi connectivity index (χ1n) is 7.72.